The number of aliphatic carboxylic acids is 4. The maximum Gasteiger partial charge on any atom is 0.326 e. The van der Waals surface area contributed by atoms with E-state index in [2.05, 4.69) is 47.2 Å². The van der Waals surface area contributed by atoms with Gasteiger partial charge in [-0.05, 0) is 81.4 Å². The molecule has 0 saturated carbocycles. The Balaban J connectivity index is 1.62. The van der Waals surface area contributed by atoms with Crippen LogP contribution >= 0.6 is 0 Å². The standard InChI is InChI=1S/C60H84N14O18/c1-33(2)26-44(72-54(85)39(18-21-47(63)75)67-52(83)38(16-9-10-24-61)66-51(82)37(62)29-36-31-64-32-65-36)59(90)74-25-11-17-46(74)58(89)71-43(28-35-14-7-4-8-15-35)57(88)70-42(27-34-12-5-3-6-13-34)56(87)69-40(19-22-48(76)77)53(84)68-41(20-23-49(78)79)55(86)73-45(60(91)92)30-50(80)81/h3-8,12-15,31-33,37-46H,9-11,16-30,61-62H2,1-2H3,(H2,63,75)(H,64,65)(H,66,82)(H,67,83)(H,68,84)(H,69,87)(H,70,88)(H,71,89)(H,72,85)(H,73,86)(H,76,77)(H,78,79)(H,80,81)(H,91,92)/t37-,38-,39-,40-,41-,42-,43-,44-,45-,46-/m0/s1. The number of carboxylic acids is 4. The van der Waals surface area contributed by atoms with Crippen LogP contribution in [0.2, 0.25) is 0 Å². The van der Waals surface area contributed by atoms with Crippen molar-refractivity contribution in [1.82, 2.24) is 57.4 Å². The van der Waals surface area contributed by atoms with E-state index >= 15 is 0 Å². The zero-order chi connectivity index (χ0) is 68.0. The third-order valence-electron chi connectivity index (χ3n) is 14.8. The van der Waals surface area contributed by atoms with Crippen LogP contribution in [0.15, 0.2) is 73.2 Å². The van der Waals surface area contributed by atoms with Crippen molar-refractivity contribution in [3.05, 3.63) is 90.0 Å². The Morgan fingerprint density at radius 2 is 1.00 bits per heavy atom. The lowest BCUT2D eigenvalue weighted by atomic mass is 10.00. The fourth-order valence-electron chi connectivity index (χ4n) is 9.99. The van der Waals surface area contributed by atoms with Crippen molar-refractivity contribution in [3.8, 4) is 0 Å². The molecule has 1 fully saturated rings. The van der Waals surface area contributed by atoms with Crippen molar-refractivity contribution in [2.45, 2.75) is 177 Å². The quantitative estimate of drug-likeness (QED) is 0.0258. The molecule has 1 aliphatic rings. The Bertz CT molecular complexity index is 3030. The number of aromatic nitrogens is 2. The van der Waals surface area contributed by atoms with Gasteiger partial charge in [0.1, 0.15) is 54.4 Å². The van der Waals surface area contributed by atoms with Crippen LogP contribution in [0, 0.1) is 5.92 Å². The van der Waals surface area contributed by atoms with E-state index in [1.165, 1.54) is 17.4 Å². The second-order valence-corrected chi connectivity index (χ2v) is 22.7. The molecule has 0 spiro atoms. The van der Waals surface area contributed by atoms with Crippen LogP contribution in [0.4, 0.5) is 0 Å². The first-order chi connectivity index (χ1) is 43.6. The van der Waals surface area contributed by atoms with Crippen LogP contribution in [0.25, 0.3) is 0 Å². The summed E-state index contributed by atoms with van der Waals surface area (Å²) in [6.07, 6.45) is -0.864. The number of nitrogens with zero attached hydrogens (tertiary/aromatic N) is 2. The van der Waals surface area contributed by atoms with Gasteiger partial charge >= 0.3 is 23.9 Å². The van der Waals surface area contributed by atoms with Crippen LogP contribution in [0.5, 0.6) is 0 Å². The lowest BCUT2D eigenvalue weighted by Crippen LogP contribution is -2.61. The molecule has 0 unspecified atom stereocenters. The minimum absolute atomic E-state index is 0.0138. The Kier molecular flexibility index (Phi) is 30.8. The third-order valence-corrected chi connectivity index (χ3v) is 14.8. The number of carbonyl (C=O) groups excluding carboxylic acids is 10. The number of unbranched alkanes of at least 4 members (excludes halogenated alkanes) is 1. The number of H-pyrrole nitrogens is 1. The highest BCUT2D eigenvalue weighted by Crippen LogP contribution is 2.22. The molecule has 1 saturated heterocycles. The summed E-state index contributed by atoms with van der Waals surface area (Å²) in [5.41, 5.74) is 18.9. The number of nitrogens with one attached hydrogen (secondary N) is 9. The zero-order valence-electron chi connectivity index (χ0n) is 51.1. The SMILES string of the molecule is CC(C)C[C@H](NC(=O)[C@H](CCC(N)=O)NC(=O)[C@H](CCCCN)NC(=O)[C@@H](N)Cc1cnc[nH]1)C(=O)N1CCC[C@H]1C(=O)N[C@@H](Cc1ccccc1)C(=O)N[C@@H](Cc1ccccc1)C(=O)N[C@@H](CCC(=O)O)C(=O)N[C@@H](CCC(=O)O)C(=O)N[C@@H](CC(=O)O)C(=O)O. The molecule has 502 valence electrons. The van der Waals surface area contributed by atoms with Crippen LogP contribution in [0.3, 0.4) is 0 Å². The van der Waals surface area contributed by atoms with E-state index in [9.17, 15) is 87.5 Å². The Labute approximate surface area is 529 Å². The number of carbonyl (C=O) groups is 14. The van der Waals surface area contributed by atoms with Gasteiger partial charge in [-0.15, -0.1) is 0 Å². The van der Waals surface area contributed by atoms with E-state index in [0.29, 0.717) is 29.7 Å². The minimum atomic E-state index is -2.03. The van der Waals surface area contributed by atoms with Gasteiger partial charge in [0, 0.05) is 57.0 Å². The van der Waals surface area contributed by atoms with Gasteiger partial charge in [-0.25, -0.2) is 9.78 Å². The lowest BCUT2D eigenvalue weighted by Gasteiger charge is -2.32. The first-order valence-corrected chi connectivity index (χ1v) is 30.1. The van der Waals surface area contributed by atoms with Gasteiger partial charge in [0.25, 0.3) is 0 Å². The van der Waals surface area contributed by atoms with Gasteiger partial charge < -0.3 is 90.0 Å². The fourth-order valence-corrected chi connectivity index (χ4v) is 9.99. The molecule has 2 aromatic carbocycles. The molecule has 4 rings (SSSR count). The Hall–Kier alpha value is -9.85. The summed E-state index contributed by atoms with van der Waals surface area (Å²) in [7, 11) is 0. The molecule has 0 aliphatic carbocycles. The second-order valence-electron chi connectivity index (χ2n) is 22.7. The molecule has 0 bridgehead atoms. The van der Waals surface area contributed by atoms with E-state index in [1.807, 2.05) is 5.32 Å². The maximum atomic E-state index is 14.8. The zero-order valence-corrected chi connectivity index (χ0v) is 51.1. The number of hydrogen-bond acceptors (Lipinski definition) is 17. The van der Waals surface area contributed by atoms with Crippen molar-refractivity contribution in [1.29, 1.82) is 0 Å². The summed E-state index contributed by atoms with van der Waals surface area (Å²) >= 11 is 0. The number of amides is 10. The molecule has 0 radical (unpaired) electrons. The monoisotopic (exact) mass is 1290 g/mol. The maximum absolute atomic E-state index is 14.8. The number of primary amides is 1. The summed E-state index contributed by atoms with van der Waals surface area (Å²) in [5.74, 6) is -15.9. The molecule has 10 amide bonds. The number of imidazole rings is 1. The summed E-state index contributed by atoms with van der Waals surface area (Å²) in [6.45, 7) is 3.84. The van der Waals surface area contributed by atoms with E-state index in [-0.39, 0.29) is 76.8 Å². The molecular formula is C60H84N14O18. The summed E-state index contributed by atoms with van der Waals surface area (Å²) in [6, 6.07) is 1.30. The fraction of sp³-hybridized carbons (Fsp3) is 0.517. The summed E-state index contributed by atoms with van der Waals surface area (Å²) < 4.78 is 0. The van der Waals surface area contributed by atoms with Crippen LogP contribution in [0.1, 0.15) is 114 Å². The topological polar surface area (TPSA) is 526 Å². The van der Waals surface area contributed by atoms with Crippen LogP contribution in [-0.4, -0.2) is 192 Å². The number of nitrogens with two attached hydrogens (primary N) is 3. The van der Waals surface area contributed by atoms with Crippen molar-refractivity contribution in [2.75, 3.05) is 13.1 Å². The Morgan fingerprint density at radius 3 is 1.45 bits per heavy atom. The highest BCUT2D eigenvalue weighted by molar-refractivity contribution is 5.99. The Morgan fingerprint density at radius 1 is 0.554 bits per heavy atom. The van der Waals surface area contributed by atoms with E-state index in [1.54, 1.807) is 74.5 Å². The molecule has 19 N–H and O–H groups in total. The van der Waals surface area contributed by atoms with Crippen molar-refractivity contribution < 1.29 is 87.5 Å². The third kappa shape index (κ3) is 25.9. The number of aromatic amines is 1. The van der Waals surface area contributed by atoms with Crippen molar-refractivity contribution in [3.63, 3.8) is 0 Å². The van der Waals surface area contributed by atoms with Crippen molar-refractivity contribution in [2.24, 2.45) is 23.1 Å². The molecule has 3 aromatic rings. The summed E-state index contributed by atoms with van der Waals surface area (Å²) in [4.78, 5) is 194. The molecule has 1 aliphatic heterocycles. The average Bonchev–Trinajstić information content (AvgIpc) is 1.66. The first-order valence-electron chi connectivity index (χ1n) is 30.1. The predicted molar refractivity (Wildman–Crippen MR) is 325 cm³/mol. The first kappa shape index (κ1) is 74.6. The highest BCUT2D eigenvalue weighted by atomic mass is 16.4. The molecule has 32 nitrogen and oxygen atoms in total. The van der Waals surface area contributed by atoms with Crippen molar-refractivity contribution >= 4 is 82.9 Å². The minimum Gasteiger partial charge on any atom is -0.481 e. The number of likely N-dealkylation sites (tertiary alicyclic amines) is 1. The summed E-state index contributed by atoms with van der Waals surface area (Å²) in [5, 5.41) is 57.7. The molecule has 10 atom stereocenters. The molecule has 92 heavy (non-hydrogen) atoms. The van der Waals surface area contributed by atoms with Gasteiger partial charge in [-0.1, -0.05) is 74.5 Å². The number of rotatable bonds is 41. The smallest absolute Gasteiger partial charge is 0.326 e. The number of hydrogen-bond donors (Lipinski definition) is 16. The lowest BCUT2D eigenvalue weighted by molar-refractivity contribution is -0.147. The molecule has 32 heteroatoms. The van der Waals surface area contributed by atoms with E-state index in [4.69, 9.17) is 17.2 Å². The molecular weight excluding hydrogens is 1200 g/mol. The predicted octanol–water partition coefficient (Wildman–Crippen LogP) is -2.64. The van der Waals surface area contributed by atoms with Gasteiger partial charge in [-0.3, -0.25) is 62.3 Å². The highest BCUT2D eigenvalue weighted by Gasteiger charge is 2.41. The molecule has 1 aromatic heterocycles. The van der Waals surface area contributed by atoms with Crippen LogP contribution < -0.4 is 59.7 Å². The van der Waals surface area contributed by atoms with Gasteiger partial charge in [0.05, 0.1) is 18.8 Å². The van der Waals surface area contributed by atoms with Gasteiger partial charge in [0.2, 0.25) is 59.1 Å². The van der Waals surface area contributed by atoms with E-state index in [0.717, 1.165) is 0 Å². The normalized spacial score (nSPS) is 15.7. The van der Waals surface area contributed by atoms with Gasteiger partial charge in [-0.2, -0.15) is 0 Å². The van der Waals surface area contributed by atoms with E-state index < -0.39 is 175 Å². The molecule has 2 heterocycles. The second kappa shape index (κ2) is 38.0. The van der Waals surface area contributed by atoms with Gasteiger partial charge in [0.15, 0.2) is 0 Å². The number of carboxylic acid groups (broad SMARTS) is 4. The van der Waals surface area contributed by atoms with Crippen LogP contribution in [-0.2, 0) is 86.4 Å². The number of benzene rings is 2. The largest absolute Gasteiger partial charge is 0.481 e. The average molecular weight is 1290 g/mol.